The third-order valence-electron chi connectivity index (χ3n) is 7.39. The minimum Gasteiger partial charge on any atom is -0.388 e. The van der Waals surface area contributed by atoms with E-state index in [1.165, 1.54) is 13.1 Å². The van der Waals surface area contributed by atoms with Crippen LogP contribution >= 0.6 is 23.2 Å². The van der Waals surface area contributed by atoms with Crippen LogP contribution in [0.4, 0.5) is 22.0 Å². The van der Waals surface area contributed by atoms with Crippen molar-refractivity contribution in [1.29, 1.82) is 5.26 Å². The van der Waals surface area contributed by atoms with Crippen LogP contribution in [0.1, 0.15) is 35.1 Å². The standard InChI is InChI=1S/C27H19Cl2F5N6O4/c1-10-36-26(40(37-10)18-6-12(28)2-3-14(18)27(32,33)34)25-22(42)21(24-23(44-25)19(41)9-43-24)39-8-13(17(7-35)38-39)11-4-15(30)20(29)16(31)5-11/h2-6,8,19,21-25,41-42H,9H2,1H3/t19?,21?,22?,23?,24-,25-/m1/s1. The monoisotopic (exact) mass is 656 g/mol. The van der Waals surface area contributed by atoms with Gasteiger partial charge in [0, 0.05) is 16.8 Å². The SMILES string of the molecule is Cc1nc([C@@H]2OC3C(O)CO[C@@H]3C(n3cc(-c4cc(F)c(Cl)c(F)c4)c(C#N)n3)C2O)n(-c2cc(Cl)ccc2C(F)(F)F)n1. The van der Waals surface area contributed by atoms with E-state index < -0.39 is 70.6 Å². The largest absolute Gasteiger partial charge is 0.418 e. The highest BCUT2D eigenvalue weighted by atomic mass is 35.5. The molecule has 2 aliphatic rings. The number of aliphatic hydroxyl groups is 2. The number of nitriles is 1. The fourth-order valence-corrected chi connectivity index (χ4v) is 5.76. The number of aliphatic hydroxyl groups excluding tert-OH is 2. The van der Waals surface area contributed by atoms with Gasteiger partial charge in [-0.2, -0.15) is 28.6 Å². The number of hydrogen-bond acceptors (Lipinski definition) is 8. The van der Waals surface area contributed by atoms with E-state index in [-0.39, 0.29) is 40.1 Å². The maximum atomic E-state index is 14.3. The molecule has 44 heavy (non-hydrogen) atoms. The average Bonchev–Trinajstić information content (AvgIpc) is 3.67. The Labute approximate surface area is 254 Å². The van der Waals surface area contributed by atoms with Crippen molar-refractivity contribution in [3.63, 3.8) is 0 Å². The second-order valence-corrected chi connectivity index (χ2v) is 11.0. The molecule has 2 aromatic heterocycles. The van der Waals surface area contributed by atoms with Crippen LogP contribution in [0.25, 0.3) is 16.8 Å². The van der Waals surface area contributed by atoms with Crippen molar-refractivity contribution in [3.8, 4) is 22.9 Å². The van der Waals surface area contributed by atoms with E-state index in [0.29, 0.717) is 0 Å². The molecule has 6 atom stereocenters. The van der Waals surface area contributed by atoms with Crippen molar-refractivity contribution in [1.82, 2.24) is 24.5 Å². The first-order valence-electron chi connectivity index (χ1n) is 12.9. The molecule has 2 fully saturated rings. The van der Waals surface area contributed by atoms with E-state index in [2.05, 4.69) is 15.2 Å². The predicted molar refractivity (Wildman–Crippen MR) is 142 cm³/mol. The third-order valence-corrected chi connectivity index (χ3v) is 7.98. The first kappa shape index (κ1) is 30.4. The van der Waals surface area contributed by atoms with E-state index in [1.54, 1.807) is 0 Å². The van der Waals surface area contributed by atoms with Crippen LogP contribution in [0.3, 0.4) is 0 Å². The summed E-state index contributed by atoms with van der Waals surface area (Å²) in [5.74, 6) is -2.38. The van der Waals surface area contributed by atoms with E-state index >= 15 is 0 Å². The molecule has 2 aromatic carbocycles. The van der Waals surface area contributed by atoms with Crippen LogP contribution < -0.4 is 0 Å². The van der Waals surface area contributed by atoms with Crippen LogP contribution in [0, 0.1) is 29.9 Å². The lowest BCUT2D eigenvalue weighted by Crippen LogP contribution is -2.52. The lowest BCUT2D eigenvalue weighted by Gasteiger charge is -2.41. The maximum Gasteiger partial charge on any atom is 0.418 e. The highest BCUT2D eigenvalue weighted by Crippen LogP contribution is 2.44. The Balaban J connectivity index is 1.48. The molecule has 4 aromatic rings. The lowest BCUT2D eigenvalue weighted by atomic mass is 9.91. The molecule has 6 rings (SSSR count). The second-order valence-electron chi connectivity index (χ2n) is 10.2. The van der Waals surface area contributed by atoms with Gasteiger partial charge in [-0.15, -0.1) is 0 Å². The van der Waals surface area contributed by atoms with Gasteiger partial charge in [0.05, 0.1) is 17.9 Å². The molecule has 2 N–H and O–H groups in total. The minimum absolute atomic E-state index is 0.0138. The summed E-state index contributed by atoms with van der Waals surface area (Å²) in [5, 5.41) is 39.7. The third kappa shape index (κ3) is 5.11. The number of ether oxygens (including phenoxy) is 2. The molecule has 4 unspecified atom stereocenters. The van der Waals surface area contributed by atoms with Crippen molar-refractivity contribution in [3.05, 3.63) is 81.1 Å². The Morgan fingerprint density at radius 1 is 1.07 bits per heavy atom. The van der Waals surface area contributed by atoms with Crippen LogP contribution in [-0.2, 0) is 15.7 Å². The summed E-state index contributed by atoms with van der Waals surface area (Å²) >= 11 is 11.6. The molecule has 2 aliphatic heterocycles. The summed E-state index contributed by atoms with van der Waals surface area (Å²) in [6.45, 7) is 1.19. The molecule has 0 saturated carbocycles. The number of fused-ring (bicyclic) bond motifs is 1. The molecule has 0 spiro atoms. The Hall–Kier alpha value is -3.65. The molecule has 2 saturated heterocycles. The van der Waals surface area contributed by atoms with Gasteiger partial charge in [-0.1, -0.05) is 23.2 Å². The predicted octanol–water partition coefficient (Wildman–Crippen LogP) is 4.72. The molecular weight excluding hydrogens is 638 g/mol. The fourth-order valence-electron chi connectivity index (χ4n) is 5.49. The van der Waals surface area contributed by atoms with E-state index in [0.717, 1.165) is 39.7 Å². The summed E-state index contributed by atoms with van der Waals surface area (Å²) in [5.41, 5.74) is -1.94. The number of rotatable bonds is 4. The number of benzene rings is 2. The lowest BCUT2D eigenvalue weighted by molar-refractivity contribution is -0.196. The van der Waals surface area contributed by atoms with Crippen molar-refractivity contribution in [2.75, 3.05) is 6.61 Å². The molecule has 17 heteroatoms. The Morgan fingerprint density at radius 2 is 1.77 bits per heavy atom. The molecular formula is C27H19Cl2F5N6O4. The van der Waals surface area contributed by atoms with E-state index in [1.807, 2.05) is 6.07 Å². The van der Waals surface area contributed by atoms with Gasteiger partial charge in [0.25, 0.3) is 0 Å². The zero-order valence-electron chi connectivity index (χ0n) is 22.2. The molecule has 0 radical (unpaired) electrons. The van der Waals surface area contributed by atoms with Crippen molar-refractivity contribution >= 4 is 23.2 Å². The van der Waals surface area contributed by atoms with Crippen LogP contribution in [0.15, 0.2) is 36.5 Å². The highest BCUT2D eigenvalue weighted by molar-refractivity contribution is 6.31. The summed E-state index contributed by atoms with van der Waals surface area (Å²) in [4.78, 5) is 4.25. The fraction of sp³-hybridized carbons (Fsp3) is 0.333. The first-order valence-corrected chi connectivity index (χ1v) is 13.6. The zero-order valence-corrected chi connectivity index (χ0v) is 23.7. The topological polar surface area (TPSA) is 131 Å². The molecule has 4 heterocycles. The van der Waals surface area contributed by atoms with Gasteiger partial charge in [-0.05, 0) is 42.8 Å². The second kappa shape index (κ2) is 11.1. The Bertz CT molecular complexity index is 1780. The molecule has 230 valence electrons. The molecule has 0 aliphatic carbocycles. The van der Waals surface area contributed by atoms with Crippen LogP contribution in [-0.4, -0.2) is 65.8 Å². The maximum absolute atomic E-state index is 14.3. The summed E-state index contributed by atoms with van der Waals surface area (Å²) in [6.07, 6.45) is -10.2. The molecule has 0 bridgehead atoms. The number of halogens is 7. The quantitative estimate of drug-likeness (QED) is 0.238. The van der Waals surface area contributed by atoms with Crippen LogP contribution in [0.2, 0.25) is 10.0 Å². The van der Waals surface area contributed by atoms with Gasteiger partial charge in [-0.3, -0.25) is 4.68 Å². The van der Waals surface area contributed by atoms with Crippen molar-refractivity contribution < 1.29 is 41.6 Å². The van der Waals surface area contributed by atoms with Gasteiger partial charge < -0.3 is 19.7 Å². The molecule has 0 amide bonds. The molecule has 10 nitrogen and oxygen atoms in total. The van der Waals surface area contributed by atoms with E-state index in [9.17, 15) is 37.4 Å². The first-order chi connectivity index (χ1) is 20.8. The summed E-state index contributed by atoms with van der Waals surface area (Å²) in [6, 6.07) is 5.30. The van der Waals surface area contributed by atoms with Gasteiger partial charge >= 0.3 is 6.18 Å². The summed E-state index contributed by atoms with van der Waals surface area (Å²) < 4.78 is 84.2. The minimum atomic E-state index is -4.81. The zero-order chi connectivity index (χ0) is 31.7. The Morgan fingerprint density at radius 3 is 2.43 bits per heavy atom. The van der Waals surface area contributed by atoms with Gasteiger partial charge in [0.2, 0.25) is 0 Å². The van der Waals surface area contributed by atoms with Crippen LogP contribution in [0.5, 0.6) is 0 Å². The number of nitrogens with zero attached hydrogens (tertiary/aromatic N) is 6. The van der Waals surface area contributed by atoms with Crippen molar-refractivity contribution in [2.45, 2.75) is 49.7 Å². The van der Waals surface area contributed by atoms with E-state index in [4.69, 9.17) is 32.7 Å². The normalized spacial score (nSPS) is 25.2. The smallest absolute Gasteiger partial charge is 0.388 e. The highest BCUT2D eigenvalue weighted by Gasteiger charge is 2.55. The van der Waals surface area contributed by atoms with Gasteiger partial charge in [0.1, 0.15) is 65.1 Å². The number of aryl methyl sites for hydroxylation is 1. The average molecular weight is 657 g/mol. The Kier molecular flexibility index (Phi) is 7.63. The van der Waals surface area contributed by atoms with Crippen molar-refractivity contribution in [2.24, 2.45) is 0 Å². The number of aromatic nitrogens is 5. The van der Waals surface area contributed by atoms with Gasteiger partial charge in [-0.25, -0.2) is 18.4 Å². The van der Waals surface area contributed by atoms with Gasteiger partial charge in [0.15, 0.2) is 11.5 Å². The number of alkyl halides is 3. The summed E-state index contributed by atoms with van der Waals surface area (Å²) in [7, 11) is 0. The number of hydrogen-bond donors (Lipinski definition) is 2.